The maximum atomic E-state index is 6.02. The molecular formula is C21H16Br2ClNO2. The zero-order valence-electron chi connectivity index (χ0n) is 14.5. The topological polar surface area (TPSA) is 30.8 Å². The van der Waals surface area contributed by atoms with Crippen molar-refractivity contribution in [3.05, 3.63) is 85.8 Å². The Morgan fingerprint density at radius 2 is 1.70 bits per heavy atom. The Morgan fingerprint density at radius 1 is 1.00 bits per heavy atom. The van der Waals surface area contributed by atoms with Crippen molar-refractivity contribution in [1.29, 1.82) is 0 Å². The Kier molecular flexibility index (Phi) is 6.94. The van der Waals surface area contributed by atoms with Crippen molar-refractivity contribution in [3.8, 4) is 11.5 Å². The molecule has 0 saturated heterocycles. The summed E-state index contributed by atoms with van der Waals surface area (Å²) in [6.45, 7) is 0.428. The van der Waals surface area contributed by atoms with Crippen LogP contribution in [-0.4, -0.2) is 13.3 Å². The minimum atomic E-state index is 0.428. The van der Waals surface area contributed by atoms with E-state index in [0.717, 1.165) is 37.3 Å². The van der Waals surface area contributed by atoms with Crippen LogP contribution < -0.4 is 9.47 Å². The average molecular weight is 510 g/mol. The van der Waals surface area contributed by atoms with Crippen LogP contribution in [0.3, 0.4) is 0 Å². The van der Waals surface area contributed by atoms with Crippen molar-refractivity contribution < 1.29 is 9.47 Å². The predicted molar refractivity (Wildman–Crippen MR) is 118 cm³/mol. The van der Waals surface area contributed by atoms with Crippen molar-refractivity contribution in [1.82, 2.24) is 0 Å². The van der Waals surface area contributed by atoms with Crippen LogP contribution in [0.5, 0.6) is 11.5 Å². The molecule has 0 aliphatic heterocycles. The molecule has 0 bridgehead atoms. The van der Waals surface area contributed by atoms with Crippen LogP contribution in [0.2, 0.25) is 5.02 Å². The largest absolute Gasteiger partial charge is 0.497 e. The van der Waals surface area contributed by atoms with Crippen molar-refractivity contribution in [2.75, 3.05) is 7.11 Å². The minimum absolute atomic E-state index is 0.428. The van der Waals surface area contributed by atoms with E-state index in [1.807, 2.05) is 60.7 Å². The third kappa shape index (κ3) is 5.58. The van der Waals surface area contributed by atoms with E-state index in [9.17, 15) is 0 Å². The second-order valence-electron chi connectivity index (χ2n) is 5.69. The number of hydrogen-bond donors (Lipinski definition) is 0. The molecule has 3 nitrogen and oxygen atoms in total. The average Bonchev–Trinajstić information content (AvgIpc) is 2.66. The van der Waals surface area contributed by atoms with Crippen LogP contribution in [0.25, 0.3) is 0 Å². The molecule has 3 aromatic rings. The van der Waals surface area contributed by atoms with Gasteiger partial charge in [0.2, 0.25) is 0 Å². The highest BCUT2D eigenvalue weighted by Gasteiger charge is 2.09. The SMILES string of the molecule is COc1ccc(N=Cc2cc(Br)c(OCc3cccc(Cl)c3)c(Br)c2)cc1. The molecule has 0 unspecified atom stereocenters. The standard InChI is InChI=1S/C21H16Br2ClNO2/c1-26-18-7-5-17(6-8-18)25-12-15-10-19(22)21(20(23)11-15)27-13-14-3-2-4-16(24)9-14/h2-12H,13H2,1H3. The molecular weight excluding hydrogens is 493 g/mol. The third-order valence-corrected chi connectivity index (χ3v) is 5.14. The number of hydrogen-bond acceptors (Lipinski definition) is 3. The summed E-state index contributed by atoms with van der Waals surface area (Å²) in [6.07, 6.45) is 1.80. The second kappa shape index (κ2) is 9.40. The van der Waals surface area contributed by atoms with Gasteiger partial charge in [-0.2, -0.15) is 0 Å². The number of aliphatic imine (C=N–C) groups is 1. The Hall–Kier alpha value is -1.82. The van der Waals surface area contributed by atoms with Crippen molar-refractivity contribution in [2.45, 2.75) is 6.61 Å². The lowest BCUT2D eigenvalue weighted by atomic mass is 10.2. The fourth-order valence-corrected chi connectivity index (χ4v) is 4.06. The first kappa shape index (κ1) is 19.9. The summed E-state index contributed by atoms with van der Waals surface area (Å²) in [5.41, 5.74) is 2.80. The fraction of sp³-hybridized carbons (Fsp3) is 0.0952. The van der Waals surface area contributed by atoms with E-state index in [1.54, 1.807) is 13.3 Å². The molecule has 0 aliphatic rings. The summed E-state index contributed by atoms with van der Waals surface area (Å²) in [5.74, 6) is 1.54. The monoisotopic (exact) mass is 507 g/mol. The third-order valence-electron chi connectivity index (χ3n) is 3.73. The van der Waals surface area contributed by atoms with Crippen molar-refractivity contribution in [2.24, 2.45) is 4.99 Å². The molecule has 138 valence electrons. The summed E-state index contributed by atoms with van der Waals surface area (Å²) in [4.78, 5) is 4.49. The normalized spacial score (nSPS) is 11.0. The lowest BCUT2D eigenvalue weighted by molar-refractivity contribution is 0.302. The van der Waals surface area contributed by atoms with Gasteiger partial charge in [0.1, 0.15) is 18.1 Å². The van der Waals surface area contributed by atoms with Gasteiger partial charge in [0.25, 0.3) is 0 Å². The smallest absolute Gasteiger partial charge is 0.148 e. The number of halogens is 3. The Labute approximate surface area is 180 Å². The van der Waals surface area contributed by atoms with Gasteiger partial charge in [-0.05, 0) is 91.5 Å². The summed E-state index contributed by atoms with van der Waals surface area (Å²) in [6, 6.07) is 19.1. The molecule has 0 atom stereocenters. The van der Waals surface area contributed by atoms with Gasteiger partial charge in [-0.1, -0.05) is 23.7 Å². The molecule has 0 fully saturated rings. The highest BCUT2D eigenvalue weighted by Crippen LogP contribution is 2.35. The number of benzene rings is 3. The molecule has 27 heavy (non-hydrogen) atoms. The summed E-state index contributed by atoms with van der Waals surface area (Å²) in [5, 5.41) is 0.694. The highest BCUT2D eigenvalue weighted by atomic mass is 79.9. The van der Waals surface area contributed by atoms with E-state index in [0.29, 0.717) is 11.6 Å². The highest BCUT2D eigenvalue weighted by molar-refractivity contribution is 9.11. The first-order valence-corrected chi connectivity index (χ1v) is 10.1. The van der Waals surface area contributed by atoms with Crippen LogP contribution in [0.15, 0.2) is 74.6 Å². The van der Waals surface area contributed by atoms with Gasteiger partial charge >= 0.3 is 0 Å². The van der Waals surface area contributed by atoms with Crippen LogP contribution >= 0.6 is 43.5 Å². The zero-order valence-corrected chi connectivity index (χ0v) is 18.4. The molecule has 0 aromatic heterocycles. The maximum Gasteiger partial charge on any atom is 0.148 e. The van der Waals surface area contributed by atoms with Gasteiger partial charge in [0.15, 0.2) is 0 Å². The summed E-state index contributed by atoms with van der Waals surface area (Å²) in [7, 11) is 1.64. The number of ether oxygens (including phenoxy) is 2. The molecule has 0 amide bonds. The number of rotatable bonds is 6. The van der Waals surface area contributed by atoms with Crippen LogP contribution in [-0.2, 0) is 6.61 Å². The van der Waals surface area contributed by atoms with Gasteiger partial charge in [0, 0.05) is 11.2 Å². The van der Waals surface area contributed by atoms with E-state index in [1.165, 1.54) is 0 Å². The Balaban J connectivity index is 1.72. The maximum absolute atomic E-state index is 6.02. The molecule has 0 N–H and O–H groups in total. The molecule has 3 aromatic carbocycles. The van der Waals surface area contributed by atoms with Crippen LogP contribution in [0, 0.1) is 0 Å². The predicted octanol–water partition coefficient (Wildman–Crippen LogP) is 7.20. The number of methoxy groups -OCH3 is 1. The lowest BCUT2D eigenvalue weighted by Gasteiger charge is -2.11. The van der Waals surface area contributed by atoms with E-state index in [2.05, 4.69) is 36.9 Å². The lowest BCUT2D eigenvalue weighted by Crippen LogP contribution is -1.97. The van der Waals surface area contributed by atoms with E-state index < -0.39 is 0 Å². The summed E-state index contributed by atoms with van der Waals surface area (Å²) < 4.78 is 12.8. The van der Waals surface area contributed by atoms with E-state index in [4.69, 9.17) is 21.1 Å². The molecule has 0 aliphatic carbocycles. The minimum Gasteiger partial charge on any atom is -0.497 e. The van der Waals surface area contributed by atoms with Gasteiger partial charge in [-0.3, -0.25) is 4.99 Å². The van der Waals surface area contributed by atoms with Crippen molar-refractivity contribution >= 4 is 55.4 Å². The molecule has 0 spiro atoms. The summed E-state index contributed by atoms with van der Waals surface area (Å²) >= 11 is 13.2. The van der Waals surface area contributed by atoms with Gasteiger partial charge < -0.3 is 9.47 Å². The van der Waals surface area contributed by atoms with Crippen LogP contribution in [0.1, 0.15) is 11.1 Å². The Bertz CT molecular complexity index is 936. The fourth-order valence-electron chi connectivity index (χ4n) is 2.39. The van der Waals surface area contributed by atoms with Crippen molar-refractivity contribution in [3.63, 3.8) is 0 Å². The number of nitrogens with zero attached hydrogens (tertiary/aromatic N) is 1. The first-order valence-electron chi connectivity index (χ1n) is 8.09. The van der Waals surface area contributed by atoms with Gasteiger partial charge in [0.05, 0.1) is 21.7 Å². The Morgan fingerprint density at radius 3 is 2.33 bits per heavy atom. The first-order chi connectivity index (χ1) is 13.0. The molecule has 3 rings (SSSR count). The second-order valence-corrected chi connectivity index (χ2v) is 7.83. The van der Waals surface area contributed by atoms with Crippen LogP contribution in [0.4, 0.5) is 5.69 Å². The van der Waals surface area contributed by atoms with E-state index >= 15 is 0 Å². The molecule has 0 radical (unpaired) electrons. The molecule has 6 heteroatoms. The van der Waals surface area contributed by atoms with Gasteiger partial charge in [-0.25, -0.2) is 0 Å². The molecule has 0 heterocycles. The van der Waals surface area contributed by atoms with Gasteiger partial charge in [-0.15, -0.1) is 0 Å². The quantitative estimate of drug-likeness (QED) is 0.329. The molecule has 0 saturated carbocycles. The van der Waals surface area contributed by atoms with E-state index in [-0.39, 0.29) is 0 Å². The zero-order chi connectivity index (χ0) is 19.2.